The lowest BCUT2D eigenvalue weighted by molar-refractivity contribution is -0.133. The van der Waals surface area contributed by atoms with Gasteiger partial charge in [-0.1, -0.05) is 29.8 Å². The van der Waals surface area contributed by atoms with Gasteiger partial charge in [0.25, 0.3) is 11.8 Å². The molecule has 0 spiro atoms. The van der Waals surface area contributed by atoms with Gasteiger partial charge in [0.1, 0.15) is 23.7 Å². The topological polar surface area (TPSA) is 99.9 Å². The summed E-state index contributed by atoms with van der Waals surface area (Å²) >= 11 is 6.47. The highest BCUT2D eigenvalue weighted by Crippen LogP contribution is 2.40. The van der Waals surface area contributed by atoms with E-state index in [9.17, 15) is 27.6 Å². The quantitative estimate of drug-likeness (QED) is 0.395. The molecule has 3 amide bonds. The van der Waals surface area contributed by atoms with Crippen LogP contribution in [0.1, 0.15) is 37.3 Å². The number of nitrogens with zero attached hydrogens (tertiary/aromatic N) is 5. The normalized spacial score (nSPS) is 18.8. The van der Waals surface area contributed by atoms with Crippen LogP contribution in [-0.2, 0) is 14.4 Å². The largest absolute Gasteiger partial charge is 0.351 e. The Morgan fingerprint density at radius 1 is 1.20 bits per heavy atom. The Bertz CT molecular complexity index is 1560. The van der Waals surface area contributed by atoms with Crippen molar-refractivity contribution in [1.82, 2.24) is 15.3 Å². The molecule has 1 aliphatic carbocycles. The molecular formula is C28H22ClF3N6O3. The molecule has 41 heavy (non-hydrogen) atoms. The van der Waals surface area contributed by atoms with Gasteiger partial charge >= 0.3 is 0 Å². The lowest BCUT2D eigenvalue weighted by Crippen LogP contribution is -2.56. The van der Waals surface area contributed by atoms with Gasteiger partial charge in [0.05, 0.1) is 24.7 Å². The summed E-state index contributed by atoms with van der Waals surface area (Å²) in [5.74, 6) is -5.70. The molecular weight excluding hydrogens is 561 g/mol. The van der Waals surface area contributed by atoms with Crippen molar-refractivity contribution in [1.29, 1.82) is 0 Å². The number of amides is 3. The van der Waals surface area contributed by atoms with Crippen LogP contribution in [0.5, 0.6) is 0 Å². The van der Waals surface area contributed by atoms with Crippen molar-refractivity contribution in [2.24, 2.45) is 0 Å². The molecule has 2 aliphatic rings. The van der Waals surface area contributed by atoms with Gasteiger partial charge in [-0.3, -0.25) is 29.2 Å². The SMILES string of the molecule is [C-]#[N+]c1ccnc(N2C(=O)CC[C@@H]2C(=O)N(c2cncc(F)c2)[C@@H](C(=O)NC2CC(F)(F)C2)c2ccccc2Cl)c1. The van der Waals surface area contributed by atoms with Crippen LogP contribution in [0.25, 0.3) is 4.85 Å². The summed E-state index contributed by atoms with van der Waals surface area (Å²) in [6.45, 7) is 7.29. The molecule has 1 saturated heterocycles. The van der Waals surface area contributed by atoms with E-state index in [1.54, 1.807) is 12.1 Å². The molecule has 1 aromatic carbocycles. The maximum atomic E-state index is 14.4. The van der Waals surface area contributed by atoms with E-state index in [1.807, 2.05) is 0 Å². The summed E-state index contributed by atoms with van der Waals surface area (Å²) < 4.78 is 41.6. The Morgan fingerprint density at radius 3 is 2.63 bits per heavy atom. The number of carbonyl (C=O) groups is 3. The molecule has 2 atom stereocenters. The monoisotopic (exact) mass is 582 g/mol. The molecule has 13 heteroatoms. The molecule has 0 radical (unpaired) electrons. The third kappa shape index (κ3) is 5.71. The zero-order valence-electron chi connectivity index (χ0n) is 21.3. The van der Waals surface area contributed by atoms with Crippen LogP contribution in [0.3, 0.4) is 0 Å². The lowest BCUT2D eigenvalue weighted by atomic mass is 9.87. The molecule has 0 unspecified atom stereocenters. The van der Waals surface area contributed by atoms with E-state index in [2.05, 4.69) is 20.1 Å². The summed E-state index contributed by atoms with van der Waals surface area (Å²) in [5, 5.41) is 2.66. The smallest absolute Gasteiger partial charge is 0.252 e. The number of hydrogen-bond donors (Lipinski definition) is 1. The van der Waals surface area contributed by atoms with Crippen LogP contribution in [0.2, 0.25) is 5.02 Å². The lowest BCUT2D eigenvalue weighted by Gasteiger charge is -2.39. The van der Waals surface area contributed by atoms with Crippen LogP contribution in [-0.4, -0.2) is 45.7 Å². The maximum absolute atomic E-state index is 14.4. The number of benzene rings is 1. The molecule has 210 valence electrons. The van der Waals surface area contributed by atoms with E-state index in [4.69, 9.17) is 18.2 Å². The highest BCUT2D eigenvalue weighted by Gasteiger charge is 2.48. The van der Waals surface area contributed by atoms with E-state index in [0.717, 1.165) is 22.1 Å². The molecule has 5 rings (SSSR count). The van der Waals surface area contributed by atoms with Crippen LogP contribution >= 0.6 is 11.6 Å². The van der Waals surface area contributed by atoms with Crippen molar-refractivity contribution in [3.05, 3.63) is 88.9 Å². The fourth-order valence-corrected chi connectivity index (χ4v) is 5.29. The summed E-state index contributed by atoms with van der Waals surface area (Å²) in [6.07, 6.45) is 2.28. The molecule has 0 bridgehead atoms. The molecule has 1 N–H and O–H groups in total. The predicted octanol–water partition coefficient (Wildman–Crippen LogP) is 5.00. The van der Waals surface area contributed by atoms with Crippen LogP contribution < -0.4 is 15.1 Å². The average molecular weight is 583 g/mol. The standard InChI is InChI=1S/C28H22ClF3N6O3/c1-33-17-8-9-35-23(11-17)38-22(6-7-24(38)39)27(41)37(19-10-16(30)14-34-15-19)25(20-4-2-3-5-21(20)29)26(40)36-18-12-28(31,32)13-18/h2-5,8-11,14-15,18,22,25H,6-7,12-13H2,(H,36,40)/t22-,25-/m1/s1. The van der Waals surface area contributed by atoms with E-state index < -0.39 is 60.4 Å². The Morgan fingerprint density at radius 2 is 1.95 bits per heavy atom. The van der Waals surface area contributed by atoms with Gasteiger partial charge in [0, 0.05) is 48.2 Å². The van der Waals surface area contributed by atoms with Crippen LogP contribution in [0.15, 0.2) is 61.1 Å². The Labute approximate surface area is 237 Å². The minimum absolute atomic E-state index is 0.0321. The highest BCUT2D eigenvalue weighted by atomic mass is 35.5. The second-order valence-electron chi connectivity index (χ2n) is 9.77. The first kappa shape index (κ1) is 28.0. The number of carbonyl (C=O) groups excluding carboxylic acids is 3. The number of halogens is 4. The van der Waals surface area contributed by atoms with Gasteiger partial charge in [0.2, 0.25) is 11.8 Å². The van der Waals surface area contributed by atoms with Crippen molar-refractivity contribution in [2.45, 2.75) is 49.7 Å². The fraction of sp³-hybridized carbons (Fsp3) is 0.286. The molecule has 9 nitrogen and oxygen atoms in total. The second kappa shape index (κ2) is 11.2. The van der Waals surface area contributed by atoms with Crippen molar-refractivity contribution in [2.75, 3.05) is 9.80 Å². The van der Waals surface area contributed by atoms with Crippen LogP contribution in [0.4, 0.5) is 30.4 Å². The predicted molar refractivity (Wildman–Crippen MR) is 143 cm³/mol. The Hall–Kier alpha value is -4.50. The van der Waals surface area contributed by atoms with Gasteiger partial charge < -0.3 is 5.32 Å². The maximum Gasteiger partial charge on any atom is 0.252 e. The van der Waals surface area contributed by atoms with Crippen molar-refractivity contribution >= 4 is 46.5 Å². The van der Waals surface area contributed by atoms with Crippen LogP contribution in [0, 0.1) is 12.4 Å². The second-order valence-corrected chi connectivity index (χ2v) is 10.2. The average Bonchev–Trinajstić information content (AvgIpc) is 3.32. The van der Waals surface area contributed by atoms with Crippen molar-refractivity contribution < 1.29 is 27.6 Å². The molecule has 3 aromatic rings. The van der Waals surface area contributed by atoms with E-state index >= 15 is 0 Å². The number of nitrogens with one attached hydrogen (secondary N) is 1. The first-order valence-electron chi connectivity index (χ1n) is 12.6. The van der Waals surface area contributed by atoms with Crippen molar-refractivity contribution in [3.8, 4) is 0 Å². The zero-order valence-corrected chi connectivity index (χ0v) is 22.1. The molecule has 3 heterocycles. The summed E-state index contributed by atoms with van der Waals surface area (Å²) in [4.78, 5) is 54.6. The van der Waals surface area contributed by atoms with Gasteiger partial charge in [0.15, 0.2) is 5.69 Å². The highest BCUT2D eigenvalue weighted by molar-refractivity contribution is 6.31. The fourth-order valence-electron chi connectivity index (χ4n) is 5.05. The van der Waals surface area contributed by atoms with Gasteiger partial charge in [-0.2, -0.15) is 0 Å². The number of anilines is 2. The Kier molecular flexibility index (Phi) is 7.64. The first-order chi connectivity index (χ1) is 19.6. The number of aromatic nitrogens is 2. The third-order valence-electron chi connectivity index (χ3n) is 6.95. The van der Waals surface area contributed by atoms with Gasteiger partial charge in [-0.15, -0.1) is 0 Å². The Balaban J connectivity index is 1.61. The summed E-state index contributed by atoms with van der Waals surface area (Å²) in [7, 11) is 0. The first-order valence-corrected chi connectivity index (χ1v) is 13.0. The van der Waals surface area contributed by atoms with E-state index in [0.29, 0.717) is 0 Å². The van der Waals surface area contributed by atoms with E-state index in [1.165, 1.54) is 36.7 Å². The molecule has 1 saturated carbocycles. The van der Waals surface area contributed by atoms with E-state index in [-0.39, 0.29) is 40.6 Å². The zero-order chi connectivity index (χ0) is 29.3. The number of hydrogen-bond acceptors (Lipinski definition) is 5. The van der Waals surface area contributed by atoms with Crippen molar-refractivity contribution in [3.63, 3.8) is 0 Å². The molecule has 2 fully saturated rings. The summed E-state index contributed by atoms with van der Waals surface area (Å²) in [5.41, 5.74) is 0.230. The summed E-state index contributed by atoms with van der Waals surface area (Å²) in [6, 6.07) is 6.40. The van der Waals surface area contributed by atoms with Gasteiger partial charge in [-0.05, 0) is 24.6 Å². The number of rotatable bonds is 7. The number of alkyl halides is 2. The minimum Gasteiger partial charge on any atom is -0.351 e. The third-order valence-corrected chi connectivity index (χ3v) is 7.30. The number of pyridine rings is 2. The van der Waals surface area contributed by atoms with Gasteiger partial charge in [-0.25, -0.2) is 23.0 Å². The molecule has 1 aliphatic heterocycles. The minimum atomic E-state index is -2.92. The molecule has 2 aromatic heterocycles.